The summed E-state index contributed by atoms with van der Waals surface area (Å²) in [6.07, 6.45) is 2.12. The summed E-state index contributed by atoms with van der Waals surface area (Å²) in [5, 5.41) is 21.4. The van der Waals surface area contributed by atoms with Gasteiger partial charge in [0.15, 0.2) is 0 Å². The first-order chi connectivity index (χ1) is 6.70. The molecule has 2 amide bonds. The van der Waals surface area contributed by atoms with Crippen LogP contribution in [-0.2, 0) is 9.59 Å². The largest absolute Gasteiger partial charge is 0.395 e. The highest BCUT2D eigenvalue weighted by atomic mass is 16.3. The van der Waals surface area contributed by atoms with Crippen molar-refractivity contribution in [3.8, 4) is 0 Å². The molecule has 0 saturated carbocycles. The Morgan fingerprint density at radius 2 is 1.29 bits per heavy atom. The molecule has 6 heteroatoms. The Morgan fingerprint density at radius 3 is 1.57 bits per heavy atom. The lowest BCUT2D eigenvalue weighted by molar-refractivity contribution is -0.118. The molecule has 6 nitrogen and oxygen atoms in total. The van der Waals surface area contributed by atoms with Gasteiger partial charge in [-0.1, -0.05) is 0 Å². The summed E-state index contributed by atoms with van der Waals surface area (Å²) in [7, 11) is 0. The Hall–Kier alpha value is -1.40. The Balaban J connectivity index is 3.68. The van der Waals surface area contributed by atoms with E-state index in [1.165, 1.54) is 0 Å². The van der Waals surface area contributed by atoms with Gasteiger partial charge in [0.05, 0.1) is 13.2 Å². The Kier molecular flexibility index (Phi) is 7.39. The van der Waals surface area contributed by atoms with Gasteiger partial charge in [-0.25, -0.2) is 0 Å². The summed E-state index contributed by atoms with van der Waals surface area (Å²) in [4.78, 5) is 21.7. The van der Waals surface area contributed by atoms with Crippen LogP contribution in [-0.4, -0.2) is 48.3 Å². The van der Waals surface area contributed by atoms with Crippen LogP contribution in [0.4, 0.5) is 0 Å². The van der Waals surface area contributed by atoms with E-state index in [0.717, 1.165) is 12.2 Å². The molecule has 0 atom stereocenters. The van der Waals surface area contributed by atoms with E-state index in [9.17, 15) is 9.59 Å². The summed E-state index contributed by atoms with van der Waals surface area (Å²) < 4.78 is 0. The minimum absolute atomic E-state index is 0.143. The van der Waals surface area contributed by atoms with Crippen LogP contribution < -0.4 is 10.6 Å². The average Bonchev–Trinajstić information content (AvgIpc) is 2.20. The van der Waals surface area contributed by atoms with E-state index < -0.39 is 11.8 Å². The second-order valence-electron chi connectivity index (χ2n) is 2.36. The van der Waals surface area contributed by atoms with Crippen molar-refractivity contribution < 1.29 is 19.8 Å². The molecule has 0 aliphatic heterocycles. The third-order valence-corrected chi connectivity index (χ3v) is 1.21. The number of aliphatic hydroxyl groups excluding tert-OH is 2. The molecule has 0 aromatic rings. The average molecular weight is 202 g/mol. The van der Waals surface area contributed by atoms with E-state index in [0.29, 0.717) is 0 Å². The molecule has 0 rings (SSSR count). The number of aliphatic hydroxyl groups is 2. The van der Waals surface area contributed by atoms with Gasteiger partial charge >= 0.3 is 0 Å². The molecule has 80 valence electrons. The molecular formula is C8H14N2O4. The zero-order valence-electron chi connectivity index (χ0n) is 7.69. The van der Waals surface area contributed by atoms with Gasteiger partial charge < -0.3 is 20.8 Å². The fourth-order valence-electron chi connectivity index (χ4n) is 0.627. The van der Waals surface area contributed by atoms with Gasteiger partial charge in [0, 0.05) is 25.2 Å². The van der Waals surface area contributed by atoms with Gasteiger partial charge in [-0.2, -0.15) is 0 Å². The summed E-state index contributed by atoms with van der Waals surface area (Å²) in [6, 6.07) is 0. The lowest BCUT2D eigenvalue weighted by Gasteiger charge is -1.98. The molecule has 0 aliphatic carbocycles. The Labute approximate surface area is 81.6 Å². The zero-order valence-corrected chi connectivity index (χ0v) is 7.69. The SMILES string of the molecule is O=C(/C=C\C(=O)NCCO)NCCO. The third-order valence-electron chi connectivity index (χ3n) is 1.21. The van der Waals surface area contributed by atoms with Crippen molar-refractivity contribution >= 4 is 11.8 Å². The first-order valence-corrected chi connectivity index (χ1v) is 4.16. The molecule has 0 aromatic heterocycles. The number of carbonyl (C=O) groups is 2. The van der Waals surface area contributed by atoms with Crippen LogP contribution in [0.1, 0.15) is 0 Å². The maximum Gasteiger partial charge on any atom is 0.244 e. The molecular weight excluding hydrogens is 188 g/mol. The summed E-state index contributed by atoms with van der Waals surface area (Å²) in [5.74, 6) is -0.892. The topological polar surface area (TPSA) is 98.7 Å². The molecule has 4 N–H and O–H groups in total. The maximum absolute atomic E-state index is 10.8. The van der Waals surface area contributed by atoms with Crippen LogP contribution in [0.3, 0.4) is 0 Å². The number of hydrogen-bond acceptors (Lipinski definition) is 4. The van der Waals surface area contributed by atoms with E-state index in [2.05, 4.69) is 10.6 Å². The molecule has 0 saturated heterocycles. The molecule has 0 fully saturated rings. The molecule has 0 heterocycles. The predicted octanol–water partition coefficient (Wildman–Crippen LogP) is -2.24. The number of carbonyl (C=O) groups excluding carboxylic acids is 2. The van der Waals surface area contributed by atoms with Gasteiger partial charge in [-0.15, -0.1) is 0 Å². The smallest absolute Gasteiger partial charge is 0.244 e. The summed E-state index contributed by atoms with van der Waals surface area (Å²) in [5.41, 5.74) is 0. The van der Waals surface area contributed by atoms with Crippen molar-refractivity contribution in [1.29, 1.82) is 0 Å². The maximum atomic E-state index is 10.8. The number of hydrogen-bond donors (Lipinski definition) is 4. The van der Waals surface area contributed by atoms with Crippen LogP contribution in [0.15, 0.2) is 12.2 Å². The first kappa shape index (κ1) is 12.6. The quantitative estimate of drug-likeness (QED) is 0.366. The van der Waals surface area contributed by atoms with Gasteiger partial charge in [0.1, 0.15) is 0 Å². The molecule has 0 radical (unpaired) electrons. The normalized spacial score (nSPS) is 10.1. The van der Waals surface area contributed by atoms with Crippen LogP contribution in [0.25, 0.3) is 0 Å². The second-order valence-corrected chi connectivity index (χ2v) is 2.36. The molecule has 0 aromatic carbocycles. The van der Waals surface area contributed by atoms with Gasteiger partial charge in [-0.3, -0.25) is 9.59 Å². The van der Waals surface area contributed by atoms with Gasteiger partial charge in [0.25, 0.3) is 0 Å². The van der Waals surface area contributed by atoms with Crippen molar-refractivity contribution in [3.63, 3.8) is 0 Å². The minimum atomic E-state index is -0.446. The molecule has 0 spiro atoms. The van der Waals surface area contributed by atoms with Crippen molar-refractivity contribution in [2.45, 2.75) is 0 Å². The fraction of sp³-hybridized carbons (Fsp3) is 0.500. The van der Waals surface area contributed by atoms with E-state index >= 15 is 0 Å². The molecule has 14 heavy (non-hydrogen) atoms. The van der Waals surface area contributed by atoms with Crippen molar-refractivity contribution in [3.05, 3.63) is 12.2 Å². The van der Waals surface area contributed by atoms with Crippen LogP contribution in [0, 0.1) is 0 Å². The lowest BCUT2D eigenvalue weighted by atomic mass is 10.4. The lowest BCUT2D eigenvalue weighted by Crippen LogP contribution is -2.27. The Bertz CT molecular complexity index is 193. The number of nitrogens with one attached hydrogen (secondary N) is 2. The number of amides is 2. The first-order valence-electron chi connectivity index (χ1n) is 4.16. The standard InChI is InChI=1S/C8H14N2O4/c11-5-3-9-7(13)1-2-8(14)10-4-6-12/h1-2,11-12H,3-6H2,(H,9,13)(H,10,14)/b2-1-. The van der Waals surface area contributed by atoms with Crippen LogP contribution in [0.2, 0.25) is 0 Å². The zero-order chi connectivity index (χ0) is 10.8. The van der Waals surface area contributed by atoms with E-state index in [1.807, 2.05) is 0 Å². The van der Waals surface area contributed by atoms with Crippen molar-refractivity contribution in [2.24, 2.45) is 0 Å². The van der Waals surface area contributed by atoms with E-state index in [-0.39, 0.29) is 26.3 Å². The summed E-state index contributed by atoms with van der Waals surface area (Å²) in [6.45, 7) is 0.0233. The van der Waals surface area contributed by atoms with Crippen molar-refractivity contribution in [1.82, 2.24) is 10.6 Å². The predicted molar refractivity (Wildman–Crippen MR) is 49.3 cm³/mol. The van der Waals surface area contributed by atoms with E-state index in [1.54, 1.807) is 0 Å². The highest BCUT2D eigenvalue weighted by Gasteiger charge is 1.96. The van der Waals surface area contributed by atoms with Crippen LogP contribution >= 0.6 is 0 Å². The van der Waals surface area contributed by atoms with Crippen molar-refractivity contribution in [2.75, 3.05) is 26.3 Å². The molecule has 0 aliphatic rings. The van der Waals surface area contributed by atoms with Gasteiger partial charge in [0.2, 0.25) is 11.8 Å². The molecule has 0 unspecified atom stereocenters. The molecule has 0 bridgehead atoms. The summed E-state index contributed by atoms with van der Waals surface area (Å²) >= 11 is 0. The third kappa shape index (κ3) is 7.26. The fourth-order valence-corrected chi connectivity index (χ4v) is 0.627. The Morgan fingerprint density at radius 1 is 0.929 bits per heavy atom. The number of rotatable bonds is 6. The van der Waals surface area contributed by atoms with E-state index in [4.69, 9.17) is 10.2 Å². The minimum Gasteiger partial charge on any atom is -0.395 e. The second kappa shape index (κ2) is 8.21. The monoisotopic (exact) mass is 202 g/mol. The highest BCUT2D eigenvalue weighted by Crippen LogP contribution is 1.74. The van der Waals surface area contributed by atoms with Gasteiger partial charge in [-0.05, 0) is 0 Å². The highest BCUT2D eigenvalue weighted by molar-refractivity contribution is 5.96. The van der Waals surface area contributed by atoms with Crippen LogP contribution in [0.5, 0.6) is 0 Å².